The van der Waals surface area contributed by atoms with E-state index in [2.05, 4.69) is 10.3 Å². The molecule has 1 aromatic heterocycles. The molecule has 0 aliphatic rings. The van der Waals surface area contributed by atoms with Crippen LogP contribution in [0.5, 0.6) is 0 Å². The second kappa shape index (κ2) is 10.4. The summed E-state index contributed by atoms with van der Waals surface area (Å²) in [6, 6.07) is 17.9. The van der Waals surface area contributed by atoms with Crippen LogP contribution in [0.1, 0.15) is 34.6 Å². The number of methoxy groups -OCH3 is 1. The van der Waals surface area contributed by atoms with Crippen LogP contribution in [0.2, 0.25) is 5.02 Å². The molecule has 0 N–H and O–H groups in total. The summed E-state index contributed by atoms with van der Waals surface area (Å²) in [6.07, 6.45) is 0.0981. The number of benzene rings is 3. The number of halogens is 1. The lowest BCUT2D eigenvalue weighted by Crippen LogP contribution is -2.26. The first-order valence-corrected chi connectivity index (χ1v) is 13.1. The molecule has 8 nitrogen and oxygen atoms in total. The first-order valence-electron chi connectivity index (χ1n) is 11.3. The van der Waals surface area contributed by atoms with Crippen LogP contribution < -0.4 is 0 Å². The summed E-state index contributed by atoms with van der Waals surface area (Å²) >= 11 is 6.49. The number of sulfonamides is 1. The molecule has 4 aromatic rings. The van der Waals surface area contributed by atoms with Gasteiger partial charge in [0.15, 0.2) is 0 Å². The SMILES string of the molecule is COC(=O)CC(c1ccc(Cl)c(CN(C)S(=O)(=O)c2ccc(C)cc2)c1)c1ccc2c(c1)nnn2C. The molecule has 0 bridgehead atoms. The quantitative estimate of drug-likeness (QED) is 0.315. The van der Waals surface area contributed by atoms with Crippen LogP contribution in [0.15, 0.2) is 65.6 Å². The van der Waals surface area contributed by atoms with E-state index in [0.29, 0.717) is 16.1 Å². The largest absolute Gasteiger partial charge is 0.469 e. The summed E-state index contributed by atoms with van der Waals surface area (Å²) in [4.78, 5) is 12.5. The van der Waals surface area contributed by atoms with Crippen molar-refractivity contribution in [1.82, 2.24) is 19.3 Å². The van der Waals surface area contributed by atoms with Crippen LogP contribution in [0.25, 0.3) is 11.0 Å². The smallest absolute Gasteiger partial charge is 0.306 e. The summed E-state index contributed by atoms with van der Waals surface area (Å²) in [5, 5.41) is 8.68. The zero-order valence-electron chi connectivity index (χ0n) is 20.5. The topological polar surface area (TPSA) is 94.4 Å². The standard InChI is InChI=1S/C26H27ClN4O4S/c1-17-5-9-21(10-6-17)36(33,34)30(2)16-20-13-18(7-11-23(20)27)22(15-26(32)35-4)19-8-12-25-24(14-19)28-29-31(25)3/h5-14,22H,15-16H2,1-4H3. The Bertz CT molecular complexity index is 1520. The minimum Gasteiger partial charge on any atom is -0.469 e. The first-order chi connectivity index (χ1) is 17.1. The predicted molar refractivity (Wildman–Crippen MR) is 138 cm³/mol. The van der Waals surface area contributed by atoms with E-state index in [-0.39, 0.29) is 29.7 Å². The number of carbonyl (C=O) groups is 1. The van der Waals surface area contributed by atoms with Crippen molar-refractivity contribution in [3.63, 3.8) is 0 Å². The third-order valence-electron chi connectivity index (χ3n) is 6.23. The van der Waals surface area contributed by atoms with E-state index in [1.54, 1.807) is 35.0 Å². The Labute approximate surface area is 215 Å². The Morgan fingerprint density at radius 3 is 2.44 bits per heavy atom. The van der Waals surface area contributed by atoms with Gasteiger partial charge in [0.1, 0.15) is 5.52 Å². The third kappa shape index (κ3) is 5.28. The molecule has 0 spiro atoms. The normalized spacial score (nSPS) is 12.7. The number of ether oxygens (including phenoxy) is 1. The number of esters is 1. The summed E-state index contributed by atoms with van der Waals surface area (Å²) in [5.74, 6) is -0.714. The maximum atomic E-state index is 13.1. The maximum absolute atomic E-state index is 13.1. The van der Waals surface area contributed by atoms with E-state index in [9.17, 15) is 13.2 Å². The molecule has 36 heavy (non-hydrogen) atoms. The monoisotopic (exact) mass is 526 g/mol. The summed E-state index contributed by atoms with van der Waals surface area (Å²) in [7, 11) is 0.966. The minimum atomic E-state index is -3.72. The second-order valence-electron chi connectivity index (χ2n) is 8.72. The Kier molecular flexibility index (Phi) is 7.44. The maximum Gasteiger partial charge on any atom is 0.306 e. The van der Waals surface area contributed by atoms with Gasteiger partial charge in [-0.05, 0) is 53.9 Å². The molecule has 1 unspecified atom stereocenters. The van der Waals surface area contributed by atoms with Crippen molar-refractivity contribution in [1.29, 1.82) is 0 Å². The third-order valence-corrected chi connectivity index (χ3v) is 8.42. The van der Waals surface area contributed by atoms with Gasteiger partial charge in [-0.25, -0.2) is 13.1 Å². The number of aromatic nitrogens is 3. The van der Waals surface area contributed by atoms with E-state index in [0.717, 1.165) is 22.2 Å². The molecule has 0 fully saturated rings. The van der Waals surface area contributed by atoms with Gasteiger partial charge >= 0.3 is 5.97 Å². The molecule has 0 saturated carbocycles. The molecule has 4 rings (SSSR count). The molecule has 1 heterocycles. The van der Waals surface area contributed by atoms with Gasteiger partial charge < -0.3 is 4.74 Å². The van der Waals surface area contributed by atoms with Gasteiger partial charge in [0.2, 0.25) is 10.0 Å². The number of hydrogen-bond donors (Lipinski definition) is 0. The molecule has 1 atom stereocenters. The fourth-order valence-electron chi connectivity index (χ4n) is 4.10. The lowest BCUT2D eigenvalue weighted by molar-refractivity contribution is -0.140. The molecule has 188 valence electrons. The Morgan fingerprint density at radius 1 is 1.08 bits per heavy atom. The molecule has 3 aromatic carbocycles. The van der Waals surface area contributed by atoms with Crippen LogP contribution in [-0.4, -0.2) is 47.8 Å². The zero-order valence-corrected chi connectivity index (χ0v) is 22.0. The fourth-order valence-corrected chi connectivity index (χ4v) is 5.43. The van der Waals surface area contributed by atoms with Crippen molar-refractivity contribution in [2.75, 3.05) is 14.2 Å². The molecule has 0 aliphatic heterocycles. The Hall–Kier alpha value is -3.27. The van der Waals surface area contributed by atoms with E-state index in [1.165, 1.54) is 18.5 Å². The second-order valence-corrected chi connectivity index (χ2v) is 11.2. The number of carbonyl (C=O) groups excluding carboxylic acids is 1. The molecule has 0 radical (unpaired) electrons. The van der Waals surface area contributed by atoms with E-state index < -0.39 is 10.0 Å². The Balaban J connectivity index is 1.69. The molecule has 0 amide bonds. The number of hydrogen-bond acceptors (Lipinski definition) is 6. The van der Waals surface area contributed by atoms with E-state index in [4.69, 9.17) is 16.3 Å². The average Bonchev–Trinajstić information content (AvgIpc) is 3.23. The van der Waals surface area contributed by atoms with Gasteiger partial charge in [0, 0.05) is 31.6 Å². The zero-order chi connectivity index (χ0) is 26.0. The van der Waals surface area contributed by atoms with Gasteiger partial charge in [-0.15, -0.1) is 5.10 Å². The van der Waals surface area contributed by atoms with Crippen molar-refractivity contribution in [3.8, 4) is 0 Å². The summed E-state index contributed by atoms with van der Waals surface area (Å²) in [6.45, 7) is 1.97. The van der Waals surface area contributed by atoms with Crippen LogP contribution >= 0.6 is 11.6 Å². The molecule has 0 aliphatic carbocycles. The average molecular weight is 527 g/mol. The van der Waals surface area contributed by atoms with Gasteiger partial charge in [-0.1, -0.05) is 52.7 Å². The number of rotatable bonds is 8. The summed E-state index contributed by atoms with van der Waals surface area (Å²) in [5.41, 5.74) is 4.86. The van der Waals surface area contributed by atoms with Gasteiger partial charge in [-0.3, -0.25) is 4.79 Å². The minimum absolute atomic E-state index is 0.0665. The van der Waals surface area contributed by atoms with Crippen molar-refractivity contribution >= 4 is 38.6 Å². The van der Waals surface area contributed by atoms with Crippen LogP contribution in [0.3, 0.4) is 0 Å². The van der Waals surface area contributed by atoms with E-state index >= 15 is 0 Å². The van der Waals surface area contributed by atoms with Crippen molar-refractivity contribution in [2.24, 2.45) is 7.05 Å². The van der Waals surface area contributed by atoms with Crippen LogP contribution in [0.4, 0.5) is 0 Å². The van der Waals surface area contributed by atoms with Gasteiger partial charge in [0.25, 0.3) is 0 Å². The van der Waals surface area contributed by atoms with Crippen LogP contribution in [0, 0.1) is 6.92 Å². The number of nitrogens with zero attached hydrogens (tertiary/aromatic N) is 4. The highest BCUT2D eigenvalue weighted by atomic mass is 35.5. The van der Waals surface area contributed by atoms with Gasteiger partial charge in [0.05, 0.1) is 23.9 Å². The number of fused-ring (bicyclic) bond motifs is 1. The fraction of sp³-hybridized carbons (Fsp3) is 0.269. The predicted octanol–water partition coefficient (Wildman–Crippen LogP) is 4.45. The molecule has 0 saturated heterocycles. The van der Waals surface area contributed by atoms with E-state index in [1.807, 2.05) is 44.3 Å². The van der Waals surface area contributed by atoms with Crippen molar-refractivity contribution in [2.45, 2.75) is 30.7 Å². The highest BCUT2D eigenvalue weighted by molar-refractivity contribution is 7.89. The number of aryl methyl sites for hydroxylation is 2. The molecular weight excluding hydrogens is 500 g/mol. The highest BCUT2D eigenvalue weighted by Gasteiger charge is 2.24. The lowest BCUT2D eigenvalue weighted by Gasteiger charge is -2.21. The molecular formula is C26H27ClN4O4S. The lowest BCUT2D eigenvalue weighted by atomic mass is 9.87. The van der Waals surface area contributed by atoms with Crippen molar-refractivity contribution < 1.29 is 17.9 Å². The Morgan fingerprint density at radius 2 is 1.75 bits per heavy atom. The van der Waals surface area contributed by atoms with Crippen LogP contribution in [-0.2, 0) is 33.1 Å². The van der Waals surface area contributed by atoms with Crippen molar-refractivity contribution in [3.05, 3.63) is 87.9 Å². The summed E-state index contributed by atoms with van der Waals surface area (Å²) < 4.78 is 34.1. The molecule has 10 heteroatoms. The first kappa shape index (κ1) is 25.8. The van der Waals surface area contributed by atoms with Gasteiger partial charge in [-0.2, -0.15) is 4.31 Å². The highest BCUT2D eigenvalue weighted by Crippen LogP contribution is 2.33.